The van der Waals surface area contributed by atoms with Crippen LogP contribution >= 0.6 is 0 Å². The highest BCUT2D eigenvalue weighted by Gasteiger charge is 2.33. The van der Waals surface area contributed by atoms with E-state index in [2.05, 4.69) is 15.4 Å². The molecule has 20 heavy (non-hydrogen) atoms. The smallest absolute Gasteiger partial charge is 0.226 e. The molecule has 2 aliphatic rings. The van der Waals surface area contributed by atoms with Crippen molar-refractivity contribution in [3.05, 3.63) is 11.4 Å². The van der Waals surface area contributed by atoms with Gasteiger partial charge in [-0.2, -0.15) is 15.4 Å². The molecule has 0 bridgehead atoms. The molecule has 1 fully saturated rings. The van der Waals surface area contributed by atoms with Crippen molar-refractivity contribution in [2.45, 2.75) is 32.1 Å². The number of amides is 2. The highest BCUT2D eigenvalue weighted by Crippen LogP contribution is 2.26. The number of fused-ring (bicyclic) bond motifs is 1. The number of hydrogen-bond acceptors (Lipinski definition) is 4. The number of piperidine rings is 1. The molecule has 1 atom stereocenters. The number of hydrogen-bond donors (Lipinski definition) is 2. The lowest BCUT2D eigenvalue weighted by Crippen LogP contribution is -2.45. The largest absolute Gasteiger partial charge is 0.369 e. The van der Waals surface area contributed by atoms with Crippen LogP contribution < -0.4 is 5.73 Å². The molecule has 2 heterocycles. The van der Waals surface area contributed by atoms with Crippen molar-refractivity contribution in [2.75, 3.05) is 13.1 Å². The first-order valence-corrected chi connectivity index (χ1v) is 7.11. The lowest BCUT2D eigenvalue weighted by atomic mass is 9.87. The fourth-order valence-corrected chi connectivity index (χ4v) is 3.14. The summed E-state index contributed by atoms with van der Waals surface area (Å²) in [5.41, 5.74) is 7.22. The first kappa shape index (κ1) is 13.1. The molecule has 0 aromatic carbocycles. The molecule has 1 aliphatic carbocycles. The van der Waals surface area contributed by atoms with Crippen LogP contribution in [-0.2, 0) is 22.4 Å². The van der Waals surface area contributed by atoms with E-state index >= 15 is 0 Å². The fourth-order valence-electron chi connectivity index (χ4n) is 3.14. The molecular formula is C13H19N5O2. The molecule has 0 radical (unpaired) electrons. The van der Waals surface area contributed by atoms with E-state index in [1.807, 2.05) is 4.90 Å². The lowest BCUT2D eigenvalue weighted by molar-refractivity contribution is -0.139. The zero-order valence-corrected chi connectivity index (χ0v) is 11.3. The van der Waals surface area contributed by atoms with Crippen LogP contribution in [0.3, 0.4) is 0 Å². The molecule has 1 unspecified atom stereocenters. The first-order chi connectivity index (χ1) is 9.65. The van der Waals surface area contributed by atoms with Crippen LogP contribution in [0.1, 0.15) is 30.7 Å². The number of rotatable bonds is 2. The number of nitrogens with two attached hydrogens (primary N) is 1. The maximum Gasteiger partial charge on any atom is 0.226 e. The van der Waals surface area contributed by atoms with Crippen molar-refractivity contribution in [3.8, 4) is 0 Å². The van der Waals surface area contributed by atoms with Crippen LogP contribution in [0.4, 0.5) is 0 Å². The van der Waals surface area contributed by atoms with Crippen molar-refractivity contribution in [1.82, 2.24) is 20.3 Å². The van der Waals surface area contributed by atoms with E-state index in [1.54, 1.807) is 0 Å². The monoisotopic (exact) mass is 277 g/mol. The lowest BCUT2D eigenvalue weighted by Gasteiger charge is -2.33. The minimum atomic E-state index is -0.248. The van der Waals surface area contributed by atoms with E-state index in [1.165, 1.54) is 0 Å². The Labute approximate surface area is 116 Å². The summed E-state index contributed by atoms with van der Waals surface area (Å²) in [5.74, 6) is -0.145. The highest BCUT2D eigenvalue weighted by molar-refractivity contribution is 5.80. The van der Waals surface area contributed by atoms with Gasteiger partial charge in [-0.1, -0.05) is 0 Å². The van der Waals surface area contributed by atoms with Gasteiger partial charge in [0.1, 0.15) is 0 Å². The Kier molecular flexibility index (Phi) is 3.42. The van der Waals surface area contributed by atoms with Gasteiger partial charge in [0.25, 0.3) is 0 Å². The Balaban J connectivity index is 1.59. The average molecular weight is 277 g/mol. The first-order valence-electron chi connectivity index (χ1n) is 7.11. The molecule has 7 heteroatoms. The number of aromatic nitrogens is 3. The van der Waals surface area contributed by atoms with Crippen LogP contribution in [-0.4, -0.2) is 45.2 Å². The minimum absolute atomic E-state index is 0.00210. The fraction of sp³-hybridized carbons (Fsp3) is 0.692. The Morgan fingerprint density at radius 3 is 2.50 bits per heavy atom. The van der Waals surface area contributed by atoms with Crippen molar-refractivity contribution < 1.29 is 9.59 Å². The van der Waals surface area contributed by atoms with Crippen molar-refractivity contribution in [3.63, 3.8) is 0 Å². The Hall–Kier alpha value is -1.92. The van der Waals surface area contributed by atoms with E-state index in [4.69, 9.17) is 5.73 Å². The van der Waals surface area contributed by atoms with Crippen molar-refractivity contribution in [2.24, 2.45) is 17.6 Å². The van der Waals surface area contributed by atoms with Crippen LogP contribution in [0.25, 0.3) is 0 Å². The minimum Gasteiger partial charge on any atom is -0.369 e. The molecule has 1 aromatic rings. The number of carbonyl (C=O) groups is 2. The zero-order chi connectivity index (χ0) is 14.1. The quantitative estimate of drug-likeness (QED) is 0.769. The number of aromatic amines is 1. The molecule has 0 spiro atoms. The normalized spacial score (nSPS) is 23.4. The highest BCUT2D eigenvalue weighted by atomic mass is 16.2. The maximum atomic E-state index is 12.5. The summed E-state index contributed by atoms with van der Waals surface area (Å²) in [6, 6.07) is 0. The average Bonchev–Trinajstić information content (AvgIpc) is 2.94. The van der Waals surface area contributed by atoms with E-state index in [9.17, 15) is 9.59 Å². The molecule has 1 aromatic heterocycles. The summed E-state index contributed by atoms with van der Waals surface area (Å²) in [7, 11) is 0. The van der Waals surface area contributed by atoms with Gasteiger partial charge in [0.15, 0.2) is 0 Å². The van der Waals surface area contributed by atoms with Crippen LogP contribution in [0, 0.1) is 11.8 Å². The summed E-state index contributed by atoms with van der Waals surface area (Å²) < 4.78 is 0. The topological polar surface area (TPSA) is 105 Å². The molecule has 1 aliphatic heterocycles. The van der Waals surface area contributed by atoms with Gasteiger partial charge in [0.2, 0.25) is 11.8 Å². The van der Waals surface area contributed by atoms with Crippen LogP contribution in [0.2, 0.25) is 0 Å². The predicted octanol–water partition coefficient (Wildman–Crippen LogP) is -0.367. The Bertz CT molecular complexity index is 519. The molecule has 7 nitrogen and oxygen atoms in total. The molecule has 2 amide bonds. The molecule has 1 saturated heterocycles. The van der Waals surface area contributed by atoms with E-state index in [-0.39, 0.29) is 23.7 Å². The third-order valence-electron chi connectivity index (χ3n) is 4.43. The van der Waals surface area contributed by atoms with Crippen molar-refractivity contribution in [1.29, 1.82) is 0 Å². The second kappa shape index (κ2) is 5.22. The molecule has 108 valence electrons. The number of carbonyl (C=O) groups excluding carboxylic acids is 2. The number of likely N-dealkylation sites (tertiary alicyclic amines) is 1. The van der Waals surface area contributed by atoms with Crippen molar-refractivity contribution >= 4 is 11.8 Å². The van der Waals surface area contributed by atoms with Gasteiger partial charge >= 0.3 is 0 Å². The number of aryl methyl sites for hydroxylation is 1. The van der Waals surface area contributed by atoms with Gasteiger partial charge in [-0.25, -0.2) is 0 Å². The number of nitrogens with zero attached hydrogens (tertiary/aromatic N) is 3. The summed E-state index contributed by atoms with van der Waals surface area (Å²) >= 11 is 0. The van der Waals surface area contributed by atoms with Crippen LogP contribution in [0.5, 0.6) is 0 Å². The summed E-state index contributed by atoms with van der Waals surface area (Å²) in [4.78, 5) is 25.5. The number of nitrogens with one attached hydrogen (secondary N) is 1. The summed E-state index contributed by atoms with van der Waals surface area (Å²) in [5, 5.41) is 10.8. The van der Waals surface area contributed by atoms with Gasteiger partial charge in [-0.05, 0) is 25.7 Å². The van der Waals surface area contributed by atoms with E-state index in [0.29, 0.717) is 32.4 Å². The standard InChI is InChI=1S/C13H19N5O2/c14-12(19)8-3-5-18(6-4-8)13(20)9-1-2-10-11(7-9)16-17-15-10/h8-9H,1-7H2,(H2,14,19)(H,15,16,17). The summed E-state index contributed by atoms with van der Waals surface area (Å²) in [6.45, 7) is 1.27. The van der Waals surface area contributed by atoms with E-state index < -0.39 is 0 Å². The van der Waals surface area contributed by atoms with Gasteiger partial charge in [0.05, 0.1) is 11.4 Å². The van der Waals surface area contributed by atoms with E-state index in [0.717, 1.165) is 24.2 Å². The Morgan fingerprint density at radius 2 is 1.80 bits per heavy atom. The number of H-pyrrole nitrogens is 1. The van der Waals surface area contributed by atoms with Gasteiger partial charge in [-0.3, -0.25) is 9.59 Å². The van der Waals surface area contributed by atoms with Gasteiger partial charge in [-0.15, -0.1) is 0 Å². The zero-order valence-electron chi connectivity index (χ0n) is 11.3. The number of primary amides is 1. The van der Waals surface area contributed by atoms with Gasteiger partial charge < -0.3 is 10.6 Å². The maximum absolute atomic E-state index is 12.5. The Morgan fingerprint density at radius 1 is 1.10 bits per heavy atom. The summed E-state index contributed by atoms with van der Waals surface area (Å²) in [6.07, 6.45) is 3.67. The predicted molar refractivity (Wildman–Crippen MR) is 70.4 cm³/mol. The third kappa shape index (κ3) is 2.39. The second-order valence-corrected chi connectivity index (χ2v) is 5.66. The second-order valence-electron chi connectivity index (χ2n) is 5.66. The third-order valence-corrected chi connectivity index (χ3v) is 4.43. The molecule has 3 N–H and O–H groups in total. The van der Waals surface area contributed by atoms with Gasteiger partial charge in [0, 0.05) is 31.3 Å². The molecular weight excluding hydrogens is 258 g/mol. The molecule has 3 rings (SSSR count). The van der Waals surface area contributed by atoms with Crippen LogP contribution in [0.15, 0.2) is 0 Å². The SMILES string of the molecule is NC(=O)C1CCN(C(=O)C2CCc3n[nH]nc3C2)CC1. The molecule has 0 saturated carbocycles.